The second kappa shape index (κ2) is 11.1. The van der Waals surface area contributed by atoms with Crippen LogP contribution >= 0.6 is 0 Å². The summed E-state index contributed by atoms with van der Waals surface area (Å²) in [5.74, 6) is 0.746. The van der Waals surface area contributed by atoms with Gasteiger partial charge in [-0.2, -0.15) is 0 Å². The first-order valence-corrected chi connectivity index (χ1v) is 10.4. The average Bonchev–Trinajstić information content (AvgIpc) is 2.68. The molecule has 0 heterocycles. The molecule has 1 fully saturated rings. The largest absolute Gasteiger partial charge is 0.355 e. The summed E-state index contributed by atoms with van der Waals surface area (Å²) in [5.41, 5.74) is 2.65. The molecule has 1 saturated carbocycles. The van der Waals surface area contributed by atoms with Crippen molar-refractivity contribution in [3.05, 3.63) is 35.4 Å². The monoisotopic (exact) mass is 373 g/mol. The van der Waals surface area contributed by atoms with Gasteiger partial charge >= 0.3 is 0 Å². The second-order valence-corrected chi connectivity index (χ2v) is 7.83. The Balaban J connectivity index is 1.88. The molecule has 0 spiro atoms. The lowest BCUT2D eigenvalue weighted by molar-refractivity contribution is -0.125. The van der Waals surface area contributed by atoms with E-state index in [-0.39, 0.29) is 30.9 Å². The molecular weight excluding hydrogens is 338 g/mol. The third-order valence-electron chi connectivity index (χ3n) is 5.34. The molecule has 0 bridgehead atoms. The van der Waals surface area contributed by atoms with Crippen LogP contribution in [0.4, 0.5) is 0 Å². The summed E-state index contributed by atoms with van der Waals surface area (Å²) in [6.45, 7) is 6.95. The Hall–Kier alpha value is -1.88. The highest BCUT2D eigenvalue weighted by atomic mass is 16.2. The Kier molecular flexibility index (Phi) is 8.79. The van der Waals surface area contributed by atoms with Gasteiger partial charge in [0.25, 0.3) is 0 Å². The predicted octanol–water partition coefficient (Wildman–Crippen LogP) is 3.27. The highest BCUT2D eigenvalue weighted by molar-refractivity contribution is 5.85. The molecule has 5 heteroatoms. The lowest BCUT2D eigenvalue weighted by Gasteiger charge is -2.25. The zero-order chi connectivity index (χ0) is 19.6. The van der Waals surface area contributed by atoms with E-state index in [4.69, 9.17) is 0 Å². The van der Waals surface area contributed by atoms with Gasteiger partial charge in [0.2, 0.25) is 11.8 Å². The van der Waals surface area contributed by atoms with Crippen LogP contribution in [0.15, 0.2) is 24.3 Å². The van der Waals surface area contributed by atoms with Crippen LogP contribution in [0.1, 0.15) is 76.0 Å². The van der Waals surface area contributed by atoms with Gasteiger partial charge in [-0.15, -0.1) is 0 Å². The maximum Gasteiger partial charge on any atom is 0.239 e. The van der Waals surface area contributed by atoms with Gasteiger partial charge in [0.15, 0.2) is 0 Å². The maximum atomic E-state index is 12.0. The molecule has 1 aromatic rings. The van der Waals surface area contributed by atoms with Crippen LogP contribution in [0, 0.1) is 5.92 Å². The fraction of sp³-hybridized carbons (Fsp3) is 0.636. The van der Waals surface area contributed by atoms with E-state index in [0.717, 1.165) is 0 Å². The summed E-state index contributed by atoms with van der Waals surface area (Å²) in [6.07, 6.45) is 6.66. The number of likely N-dealkylation sites (N-methyl/N-ethyl adjacent to an activating group) is 1. The number of amides is 2. The highest BCUT2D eigenvalue weighted by Crippen LogP contribution is 2.33. The summed E-state index contributed by atoms with van der Waals surface area (Å²) < 4.78 is 0. The highest BCUT2D eigenvalue weighted by Gasteiger charge is 2.19. The predicted molar refractivity (Wildman–Crippen MR) is 110 cm³/mol. The zero-order valence-electron chi connectivity index (χ0n) is 17.0. The third-order valence-corrected chi connectivity index (χ3v) is 5.34. The molecule has 1 atom stereocenters. The summed E-state index contributed by atoms with van der Waals surface area (Å²) in [4.78, 5) is 23.4. The fourth-order valence-corrected chi connectivity index (χ4v) is 3.85. The quantitative estimate of drug-likeness (QED) is 0.622. The van der Waals surface area contributed by atoms with E-state index in [1.807, 2.05) is 6.92 Å². The van der Waals surface area contributed by atoms with Crippen LogP contribution in [0.5, 0.6) is 0 Å². The van der Waals surface area contributed by atoms with E-state index in [0.29, 0.717) is 18.4 Å². The minimum atomic E-state index is -0.162. The molecule has 1 aliphatic rings. The first-order chi connectivity index (χ1) is 13.0. The number of rotatable bonds is 9. The van der Waals surface area contributed by atoms with Gasteiger partial charge in [-0.05, 0) is 42.7 Å². The lowest BCUT2D eigenvalue weighted by Crippen LogP contribution is -2.42. The van der Waals surface area contributed by atoms with Crippen molar-refractivity contribution in [1.29, 1.82) is 0 Å². The molecule has 27 heavy (non-hydrogen) atoms. The van der Waals surface area contributed by atoms with Gasteiger partial charge in [0, 0.05) is 12.6 Å². The molecule has 3 N–H and O–H groups in total. The van der Waals surface area contributed by atoms with Crippen LogP contribution in [-0.4, -0.2) is 31.4 Å². The third kappa shape index (κ3) is 6.98. The van der Waals surface area contributed by atoms with Crippen LogP contribution in [0.25, 0.3) is 0 Å². The van der Waals surface area contributed by atoms with Gasteiger partial charge in [0.1, 0.15) is 0 Å². The van der Waals surface area contributed by atoms with Gasteiger partial charge in [-0.3, -0.25) is 9.59 Å². The normalized spacial score (nSPS) is 16.1. The van der Waals surface area contributed by atoms with Crippen molar-refractivity contribution in [3.8, 4) is 0 Å². The van der Waals surface area contributed by atoms with Crippen molar-refractivity contribution < 1.29 is 9.59 Å². The summed E-state index contributed by atoms with van der Waals surface area (Å²) in [5, 5.41) is 8.67. The van der Waals surface area contributed by atoms with Crippen molar-refractivity contribution in [1.82, 2.24) is 16.0 Å². The lowest BCUT2D eigenvalue weighted by atomic mass is 9.83. The Morgan fingerprint density at radius 3 is 2.19 bits per heavy atom. The first-order valence-electron chi connectivity index (χ1n) is 10.4. The minimum absolute atomic E-state index is 0.0246. The van der Waals surface area contributed by atoms with Crippen LogP contribution in [0.2, 0.25) is 0 Å². The molecule has 150 valence electrons. The number of hydrogen-bond acceptors (Lipinski definition) is 3. The Morgan fingerprint density at radius 1 is 0.963 bits per heavy atom. The summed E-state index contributed by atoms with van der Waals surface area (Å²) in [6, 6.07) is 9.04. The van der Waals surface area contributed by atoms with E-state index >= 15 is 0 Å². The van der Waals surface area contributed by atoms with E-state index in [1.165, 1.54) is 43.2 Å². The summed E-state index contributed by atoms with van der Waals surface area (Å²) in [7, 11) is 0. The van der Waals surface area contributed by atoms with E-state index in [9.17, 15) is 9.59 Å². The van der Waals surface area contributed by atoms with Gasteiger partial charge in [-0.25, -0.2) is 0 Å². The SMILES string of the molecule is CCNC(=O)CNC(=O)CN[C@H](c1ccc(C2CCCCC2)cc1)C(C)C. The molecular formula is C22H35N3O2. The zero-order valence-corrected chi connectivity index (χ0v) is 17.0. The van der Waals surface area contributed by atoms with Crippen LogP contribution in [0.3, 0.4) is 0 Å². The standard InChI is InChI=1S/C22H35N3O2/c1-4-23-20(26)14-24-21(27)15-25-22(16(2)3)19-12-10-18(11-13-19)17-8-6-5-7-9-17/h10-13,16-17,22,25H,4-9,14-15H2,1-3H3,(H,23,26)(H,24,27)/t22-/m0/s1. The molecule has 1 aliphatic carbocycles. The van der Waals surface area contributed by atoms with Gasteiger partial charge in [0.05, 0.1) is 13.1 Å². The van der Waals surface area contributed by atoms with E-state index in [2.05, 4.69) is 54.1 Å². The number of carbonyl (C=O) groups is 2. The molecule has 1 aromatic carbocycles. The Morgan fingerprint density at radius 2 is 1.59 bits per heavy atom. The van der Waals surface area contributed by atoms with Crippen molar-refractivity contribution in [2.45, 2.75) is 64.8 Å². The maximum absolute atomic E-state index is 12.0. The molecule has 0 unspecified atom stereocenters. The van der Waals surface area contributed by atoms with Crippen LogP contribution in [-0.2, 0) is 9.59 Å². The smallest absolute Gasteiger partial charge is 0.239 e. The van der Waals surface area contributed by atoms with Crippen molar-refractivity contribution >= 4 is 11.8 Å². The Bertz CT molecular complexity index is 592. The van der Waals surface area contributed by atoms with Crippen molar-refractivity contribution in [2.24, 2.45) is 5.92 Å². The molecule has 0 radical (unpaired) electrons. The van der Waals surface area contributed by atoms with E-state index in [1.54, 1.807) is 0 Å². The molecule has 0 saturated heterocycles. The van der Waals surface area contributed by atoms with Gasteiger partial charge in [-0.1, -0.05) is 57.4 Å². The van der Waals surface area contributed by atoms with E-state index < -0.39 is 0 Å². The fourth-order valence-electron chi connectivity index (χ4n) is 3.85. The summed E-state index contributed by atoms with van der Waals surface area (Å²) >= 11 is 0. The molecule has 0 aliphatic heterocycles. The van der Waals surface area contributed by atoms with Crippen molar-refractivity contribution in [3.63, 3.8) is 0 Å². The first kappa shape index (κ1) is 21.4. The number of nitrogens with one attached hydrogen (secondary N) is 3. The van der Waals surface area contributed by atoms with Crippen molar-refractivity contribution in [2.75, 3.05) is 19.6 Å². The second-order valence-electron chi connectivity index (χ2n) is 7.83. The number of hydrogen-bond donors (Lipinski definition) is 3. The topological polar surface area (TPSA) is 70.2 Å². The molecule has 2 amide bonds. The average molecular weight is 374 g/mol. The molecule has 5 nitrogen and oxygen atoms in total. The Labute approximate surface area is 163 Å². The minimum Gasteiger partial charge on any atom is -0.355 e. The number of benzene rings is 1. The van der Waals surface area contributed by atoms with Crippen LogP contribution < -0.4 is 16.0 Å². The molecule has 2 rings (SSSR count). The number of carbonyl (C=O) groups excluding carboxylic acids is 2. The van der Waals surface area contributed by atoms with Gasteiger partial charge < -0.3 is 16.0 Å². The molecule has 0 aromatic heterocycles.